The maximum absolute atomic E-state index is 12.5. The molecule has 0 spiro atoms. The van der Waals surface area contributed by atoms with E-state index in [2.05, 4.69) is 0 Å². The van der Waals surface area contributed by atoms with Gasteiger partial charge in [0.25, 0.3) is 6.08 Å². The van der Waals surface area contributed by atoms with Gasteiger partial charge in [0.15, 0.2) is 0 Å². The zero-order valence-corrected chi connectivity index (χ0v) is 14.8. The largest absolute Gasteiger partial charge is 1.00 e. The molecule has 19 heavy (non-hydrogen) atoms. The Hall–Kier alpha value is 0.982. The summed E-state index contributed by atoms with van der Waals surface area (Å²) in [5.41, 5.74) is -4.42. The molecule has 1 unspecified atom stereocenters. The number of halogens is 11. The van der Waals surface area contributed by atoms with E-state index in [4.69, 9.17) is 0 Å². The smallest absolute Gasteiger partial charge is 0.816 e. The van der Waals surface area contributed by atoms with E-state index in [-0.39, 0.29) is 68.9 Å². The first kappa shape index (κ1) is 22.3. The third-order valence-corrected chi connectivity index (χ3v) is 1.55. The molecule has 1 atom stereocenters. The summed E-state index contributed by atoms with van der Waals surface area (Å²) in [4.78, 5) is 0. The number of rotatable bonds is 2. The summed E-state index contributed by atoms with van der Waals surface area (Å²) < 4.78 is 130. The molecular formula is C6CsF11O. The molecule has 0 aromatic carbocycles. The molecular weight excluding hydrogens is 430 g/mol. The molecule has 0 aliphatic carbocycles. The second-order valence-electron chi connectivity index (χ2n) is 2.80. The van der Waals surface area contributed by atoms with Crippen molar-refractivity contribution in [1.82, 2.24) is 0 Å². The van der Waals surface area contributed by atoms with Gasteiger partial charge in [-0.05, 0) is 0 Å². The van der Waals surface area contributed by atoms with Crippen LogP contribution >= 0.6 is 0 Å². The van der Waals surface area contributed by atoms with Gasteiger partial charge in [-0.2, -0.15) is 43.9 Å². The van der Waals surface area contributed by atoms with Crippen molar-refractivity contribution in [2.75, 3.05) is 0 Å². The molecule has 0 aliphatic heterocycles. The molecule has 0 N–H and O–H groups in total. The van der Waals surface area contributed by atoms with Crippen LogP contribution in [0.25, 0.3) is 0 Å². The van der Waals surface area contributed by atoms with Crippen LogP contribution in [0.5, 0.6) is 0 Å². The van der Waals surface area contributed by atoms with Gasteiger partial charge in [0.2, 0.25) is 0 Å². The van der Waals surface area contributed by atoms with E-state index >= 15 is 0 Å². The molecule has 1 nitrogen and oxygen atoms in total. The summed E-state index contributed by atoms with van der Waals surface area (Å²) in [5, 5.41) is 10.2. The Morgan fingerprint density at radius 2 is 1.05 bits per heavy atom. The Morgan fingerprint density at radius 1 is 0.737 bits per heavy atom. The summed E-state index contributed by atoms with van der Waals surface area (Å²) in [5.74, 6) is -14.1. The minimum Gasteiger partial charge on any atom is -0.816 e. The van der Waals surface area contributed by atoms with Gasteiger partial charge in [-0.25, -0.2) is 0 Å². The Kier molecular flexibility index (Phi) is 7.49. The molecule has 0 aliphatic rings. The molecule has 0 fully saturated rings. The molecule has 13 heteroatoms. The number of hydrogen-bond donors (Lipinski definition) is 0. The minimum absolute atomic E-state index is 0. The van der Waals surface area contributed by atoms with Crippen LogP contribution < -0.4 is 74.0 Å². The Bertz CT molecular complexity index is 347. The van der Waals surface area contributed by atoms with Crippen LogP contribution in [0.1, 0.15) is 0 Å². The van der Waals surface area contributed by atoms with Crippen molar-refractivity contribution < 1.29 is 122 Å². The van der Waals surface area contributed by atoms with Crippen LogP contribution in [-0.2, 0) is 0 Å². The van der Waals surface area contributed by atoms with Crippen LogP contribution in [0.15, 0.2) is 11.7 Å². The molecule has 0 aromatic rings. The third kappa shape index (κ3) is 4.47. The molecule has 0 aromatic heterocycles. The molecule has 0 rings (SSSR count). The van der Waals surface area contributed by atoms with E-state index in [1.54, 1.807) is 0 Å². The van der Waals surface area contributed by atoms with Crippen LogP contribution in [-0.4, -0.2) is 24.1 Å². The van der Waals surface area contributed by atoms with Crippen molar-refractivity contribution in [3.05, 3.63) is 11.7 Å². The number of alkyl halides is 9. The Labute approximate surface area is 156 Å². The minimum atomic E-state index is -7.19. The van der Waals surface area contributed by atoms with E-state index < -0.39 is 35.8 Å². The van der Waals surface area contributed by atoms with Crippen LogP contribution in [0, 0.1) is 0 Å². The predicted molar refractivity (Wildman–Crippen MR) is 30.1 cm³/mol. The fourth-order valence-corrected chi connectivity index (χ4v) is 0.750. The van der Waals surface area contributed by atoms with Gasteiger partial charge in [-0.1, -0.05) is 0 Å². The van der Waals surface area contributed by atoms with Crippen molar-refractivity contribution in [2.45, 2.75) is 24.1 Å². The van der Waals surface area contributed by atoms with Crippen molar-refractivity contribution >= 4 is 0 Å². The van der Waals surface area contributed by atoms with Crippen LogP contribution in [0.2, 0.25) is 0 Å². The summed E-state index contributed by atoms with van der Waals surface area (Å²) in [6, 6.07) is 0. The average Bonchev–Trinajstić information content (AvgIpc) is 1.95. The van der Waals surface area contributed by atoms with Gasteiger partial charge in [-0.15, -0.1) is 0 Å². The zero-order chi connectivity index (χ0) is 15.2. The van der Waals surface area contributed by atoms with E-state index in [0.29, 0.717) is 0 Å². The van der Waals surface area contributed by atoms with Crippen molar-refractivity contribution in [3.63, 3.8) is 0 Å². The van der Waals surface area contributed by atoms with Gasteiger partial charge in [0.05, 0.1) is 0 Å². The van der Waals surface area contributed by atoms with E-state index in [1.165, 1.54) is 0 Å². The fourth-order valence-electron chi connectivity index (χ4n) is 0.750. The van der Waals surface area contributed by atoms with E-state index in [9.17, 15) is 53.4 Å². The Morgan fingerprint density at radius 3 is 1.21 bits per heavy atom. The maximum Gasteiger partial charge on any atom is 1.00 e. The molecule has 0 saturated heterocycles. The topological polar surface area (TPSA) is 23.1 Å². The second-order valence-corrected chi connectivity index (χ2v) is 2.80. The molecule has 0 saturated carbocycles. The summed E-state index contributed by atoms with van der Waals surface area (Å²) in [6.45, 7) is 0. The summed E-state index contributed by atoms with van der Waals surface area (Å²) in [7, 11) is 0. The van der Waals surface area contributed by atoms with Gasteiger partial charge in [0, 0.05) is 0 Å². The first-order chi connectivity index (χ1) is 7.57. The van der Waals surface area contributed by atoms with Gasteiger partial charge >= 0.3 is 87.2 Å². The fraction of sp³-hybridized carbons (Fsp3) is 0.667. The summed E-state index contributed by atoms with van der Waals surface area (Å²) >= 11 is 0. The monoisotopic (exact) mass is 430 g/mol. The van der Waals surface area contributed by atoms with Crippen LogP contribution in [0.4, 0.5) is 48.3 Å². The predicted octanol–water partition coefficient (Wildman–Crippen LogP) is -0.0730. The number of hydrogen-bond acceptors (Lipinski definition) is 1. The maximum atomic E-state index is 12.5. The molecule has 0 heterocycles. The normalized spacial score (nSPS) is 16.4. The van der Waals surface area contributed by atoms with E-state index in [0.717, 1.165) is 0 Å². The second kappa shape index (κ2) is 6.39. The van der Waals surface area contributed by atoms with E-state index in [1.807, 2.05) is 0 Å². The van der Waals surface area contributed by atoms with Crippen LogP contribution in [0.3, 0.4) is 0 Å². The molecule has 108 valence electrons. The van der Waals surface area contributed by atoms with Gasteiger partial charge in [0.1, 0.15) is 11.4 Å². The van der Waals surface area contributed by atoms with Gasteiger partial charge in [-0.3, -0.25) is 4.39 Å². The molecule has 0 radical (unpaired) electrons. The summed E-state index contributed by atoms with van der Waals surface area (Å²) in [6.07, 6.45) is -18.1. The molecule has 0 amide bonds. The third-order valence-electron chi connectivity index (χ3n) is 1.55. The average molecular weight is 430 g/mol. The first-order valence-electron chi connectivity index (χ1n) is 3.53. The first-order valence-corrected chi connectivity index (χ1v) is 3.53. The van der Waals surface area contributed by atoms with Crippen molar-refractivity contribution in [2.24, 2.45) is 0 Å². The Balaban J connectivity index is 0. The SMILES string of the molecule is [Cs+].[O-]C(F)(C(=C(F)F)C(F)(F)F)C(F)(F)C(F)(F)F. The quantitative estimate of drug-likeness (QED) is 0.563. The standard InChI is InChI=1S/C6F11O.Cs/c7-2(8)1(4(10,11)12)3(9,18)5(13,14)6(15,16)17;/q-1;+1. The van der Waals surface area contributed by atoms with Crippen molar-refractivity contribution in [3.8, 4) is 0 Å². The van der Waals surface area contributed by atoms with Gasteiger partial charge < -0.3 is 5.11 Å². The molecule has 0 bridgehead atoms. The van der Waals surface area contributed by atoms with Crippen molar-refractivity contribution in [1.29, 1.82) is 0 Å². The zero-order valence-electron chi connectivity index (χ0n) is 8.57.